The van der Waals surface area contributed by atoms with Gasteiger partial charge in [-0.15, -0.1) is 0 Å². The van der Waals surface area contributed by atoms with E-state index in [1.165, 1.54) is 5.69 Å². The number of likely N-dealkylation sites (N-methyl/N-ethyl adjacent to an activating group) is 1. The van der Waals surface area contributed by atoms with Gasteiger partial charge in [0, 0.05) is 49.2 Å². The maximum absolute atomic E-state index is 12.9. The lowest BCUT2D eigenvalue weighted by Crippen LogP contribution is -2.59. The van der Waals surface area contributed by atoms with E-state index in [1.807, 2.05) is 43.6 Å². The molecule has 0 N–H and O–H groups in total. The topological polar surface area (TPSA) is 53.7 Å². The summed E-state index contributed by atoms with van der Waals surface area (Å²) in [7, 11) is 0. The molecule has 3 aromatic rings. The second-order valence-electron chi connectivity index (χ2n) is 8.98. The molecule has 6 heteroatoms. The van der Waals surface area contributed by atoms with E-state index < -0.39 is 0 Å². The van der Waals surface area contributed by atoms with E-state index in [0.29, 0.717) is 23.7 Å². The van der Waals surface area contributed by atoms with E-state index in [2.05, 4.69) is 53.8 Å². The van der Waals surface area contributed by atoms with Crippen molar-refractivity contribution in [3.8, 4) is 0 Å². The SMILES string of the molecule is CCC(=O)/C(=C\c1ccc(N2CC(N(CC)CC)C2)cc1C)c1cn2cc(C)nc(C)c2n1. The van der Waals surface area contributed by atoms with E-state index in [9.17, 15) is 4.79 Å². The van der Waals surface area contributed by atoms with Crippen LogP contribution in [0.5, 0.6) is 0 Å². The highest BCUT2D eigenvalue weighted by atomic mass is 16.1. The van der Waals surface area contributed by atoms with Crippen molar-refractivity contribution in [2.45, 2.75) is 54.0 Å². The van der Waals surface area contributed by atoms with Crippen LogP contribution in [0.1, 0.15) is 55.4 Å². The number of anilines is 1. The van der Waals surface area contributed by atoms with Crippen molar-refractivity contribution in [2.24, 2.45) is 0 Å². The first-order chi connectivity index (χ1) is 15.8. The van der Waals surface area contributed by atoms with Crippen LogP contribution in [-0.2, 0) is 4.79 Å². The maximum Gasteiger partial charge on any atom is 0.164 e. The summed E-state index contributed by atoms with van der Waals surface area (Å²) in [6.07, 6.45) is 6.32. The molecule has 0 radical (unpaired) electrons. The fourth-order valence-corrected chi connectivity index (χ4v) is 4.73. The summed E-state index contributed by atoms with van der Waals surface area (Å²) in [6, 6.07) is 7.18. The normalized spacial score (nSPS) is 14.9. The number of hydrogen-bond acceptors (Lipinski definition) is 5. The molecule has 174 valence electrons. The van der Waals surface area contributed by atoms with Crippen molar-refractivity contribution < 1.29 is 4.79 Å². The van der Waals surface area contributed by atoms with Gasteiger partial charge in [0.2, 0.25) is 0 Å². The number of benzene rings is 1. The van der Waals surface area contributed by atoms with Crippen molar-refractivity contribution in [3.05, 3.63) is 58.8 Å². The third-order valence-electron chi connectivity index (χ3n) is 6.73. The molecule has 6 nitrogen and oxygen atoms in total. The minimum absolute atomic E-state index is 0.0917. The van der Waals surface area contributed by atoms with E-state index >= 15 is 0 Å². The zero-order chi connectivity index (χ0) is 23.7. The molecule has 0 atom stereocenters. The molecule has 1 aromatic carbocycles. The van der Waals surface area contributed by atoms with Gasteiger partial charge in [-0.2, -0.15) is 0 Å². The summed E-state index contributed by atoms with van der Waals surface area (Å²) in [4.78, 5) is 27.1. The number of rotatable bonds is 8. The first kappa shape index (κ1) is 23.2. The van der Waals surface area contributed by atoms with Crippen LogP contribution < -0.4 is 4.90 Å². The second-order valence-corrected chi connectivity index (χ2v) is 8.98. The summed E-state index contributed by atoms with van der Waals surface area (Å²) >= 11 is 0. The van der Waals surface area contributed by atoms with Gasteiger partial charge in [0.1, 0.15) is 0 Å². The lowest BCUT2D eigenvalue weighted by molar-refractivity contribution is -0.113. The molecule has 0 saturated carbocycles. The van der Waals surface area contributed by atoms with Crippen LogP contribution in [0.15, 0.2) is 30.6 Å². The van der Waals surface area contributed by atoms with Crippen molar-refractivity contribution in [1.82, 2.24) is 19.3 Å². The van der Waals surface area contributed by atoms with Crippen molar-refractivity contribution in [1.29, 1.82) is 0 Å². The van der Waals surface area contributed by atoms with Gasteiger partial charge in [-0.1, -0.05) is 26.8 Å². The van der Waals surface area contributed by atoms with Crippen LogP contribution in [0.2, 0.25) is 0 Å². The number of carbonyl (C=O) groups is 1. The zero-order valence-corrected chi connectivity index (χ0v) is 20.7. The molecule has 0 unspecified atom stereocenters. The van der Waals surface area contributed by atoms with Gasteiger partial charge in [0.25, 0.3) is 0 Å². The highest BCUT2D eigenvalue weighted by molar-refractivity contribution is 6.24. The van der Waals surface area contributed by atoms with Crippen LogP contribution in [0.4, 0.5) is 5.69 Å². The average Bonchev–Trinajstić information content (AvgIpc) is 3.18. The lowest BCUT2D eigenvalue weighted by Gasteiger charge is -2.46. The minimum Gasteiger partial charge on any atom is -0.368 e. The Bertz CT molecular complexity index is 1200. The first-order valence-corrected chi connectivity index (χ1v) is 12.0. The Kier molecular flexibility index (Phi) is 6.66. The number of ketones is 1. The number of nitrogens with zero attached hydrogens (tertiary/aromatic N) is 5. The number of allylic oxidation sites excluding steroid dienone is 1. The minimum atomic E-state index is 0.0917. The zero-order valence-electron chi connectivity index (χ0n) is 20.7. The molecule has 1 saturated heterocycles. The molecule has 1 aliphatic heterocycles. The standard InChI is InChI=1S/C27H35N5O/c1-7-26(33)24(25-17-32-14-19(5)28-20(6)27(32)29-25)13-21-10-11-22(12-18(21)4)31-15-23(16-31)30(8-2)9-3/h10-14,17,23H,7-9,15-16H2,1-6H3/b24-13-. The maximum atomic E-state index is 12.9. The third-order valence-corrected chi connectivity index (χ3v) is 6.73. The van der Waals surface area contributed by atoms with Crippen LogP contribution in [0.3, 0.4) is 0 Å². The second kappa shape index (κ2) is 9.48. The Morgan fingerprint density at radius 2 is 1.82 bits per heavy atom. The van der Waals surface area contributed by atoms with E-state index in [0.717, 1.165) is 54.3 Å². The number of imidazole rings is 1. The van der Waals surface area contributed by atoms with Gasteiger partial charge in [-0.25, -0.2) is 4.98 Å². The molecular formula is C27H35N5O. The van der Waals surface area contributed by atoms with Gasteiger partial charge in [-0.05, 0) is 63.2 Å². The number of fused-ring (bicyclic) bond motifs is 1. The molecule has 3 heterocycles. The number of aryl methyl sites for hydroxylation is 3. The Hall–Kier alpha value is -2.99. The van der Waals surface area contributed by atoms with Crippen LogP contribution in [0, 0.1) is 20.8 Å². The van der Waals surface area contributed by atoms with E-state index in [1.54, 1.807) is 0 Å². The molecule has 1 aliphatic rings. The van der Waals surface area contributed by atoms with Crippen LogP contribution in [-0.4, -0.2) is 57.3 Å². The van der Waals surface area contributed by atoms with E-state index in [4.69, 9.17) is 4.98 Å². The van der Waals surface area contributed by atoms with Gasteiger partial charge in [0.05, 0.1) is 17.1 Å². The molecule has 0 aliphatic carbocycles. The largest absolute Gasteiger partial charge is 0.368 e. The van der Waals surface area contributed by atoms with Crippen LogP contribution >= 0.6 is 0 Å². The average molecular weight is 446 g/mol. The Morgan fingerprint density at radius 3 is 2.45 bits per heavy atom. The van der Waals surface area contributed by atoms with Gasteiger partial charge in [0.15, 0.2) is 11.4 Å². The summed E-state index contributed by atoms with van der Waals surface area (Å²) in [6.45, 7) is 16.7. The Labute approximate surface area is 197 Å². The first-order valence-electron chi connectivity index (χ1n) is 12.0. The third kappa shape index (κ3) is 4.58. The van der Waals surface area contributed by atoms with E-state index in [-0.39, 0.29) is 5.78 Å². The van der Waals surface area contributed by atoms with Crippen molar-refractivity contribution in [2.75, 3.05) is 31.1 Å². The molecule has 0 bridgehead atoms. The fraction of sp³-hybridized carbons (Fsp3) is 0.444. The predicted molar refractivity (Wildman–Crippen MR) is 136 cm³/mol. The van der Waals surface area contributed by atoms with Gasteiger partial charge < -0.3 is 9.30 Å². The molecule has 0 amide bonds. The highest BCUT2D eigenvalue weighted by Crippen LogP contribution is 2.28. The molecule has 1 fully saturated rings. The van der Waals surface area contributed by atoms with Crippen molar-refractivity contribution >= 4 is 28.8 Å². The van der Waals surface area contributed by atoms with Gasteiger partial charge in [-0.3, -0.25) is 14.7 Å². The summed E-state index contributed by atoms with van der Waals surface area (Å²) in [5.74, 6) is 0.0917. The number of hydrogen-bond donors (Lipinski definition) is 0. The van der Waals surface area contributed by atoms with Crippen molar-refractivity contribution in [3.63, 3.8) is 0 Å². The quantitative estimate of drug-likeness (QED) is 0.470. The fourth-order valence-electron chi connectivity index (χ4n) is 4.73. The monoisotopic (exact) mass is 445 g/mol. The Balaban J connectivity index is 1.63. The number of Topliss-reactive ketones (excluding diaryl/α,β-unsaturated/α-hetero) is 1. The lowest BCUT2D eigenvalue weighted by atomic mass is 9.98. The summed E-state index contributed by atoms with van der Waals surface area (Å²) < 4.78 is 1.97. The summed E-state index contributed by atoms with van der Waals surface area (Å²) in [5.41, 5.74) is 7.40. The molecule has 2 aromatic heterocycles. The van der Waals surface area contributed by atoms with Gasteiger partial charge >= 0.3 is 0 Å². The smallest absolute Gasteiger partial charge is 0.164 e. The number of aromatic nitrogens is 3. The molecule has 33 heavy (non-hydrogen) atoms. The predicted octanol–water partition coefficient (Wildman–Crippen LogP) is 4.70. The highest BCUT2D eigenvalue weighted by Gasteiger charge is 2.30. The summed E-state index contributed by atoms with van der Waals surface area (Å²) in [5, 5.41) is 0. The molecular weight excluding hydrogens is 410 g/mol. The molecule has 0 spiro atoms. The number of carbonyl (C=O) groups excluding carboxylic acids is 1. The molecule has 4 rings (SSSR count). The van der Waals surface area contributed by atoms with Crippen LogP contribution in [0.25, 0.3) is 17.3 Å². The Morgan fingerprint density at radius 1 is 1.09 bits per heavy atom.